The molecule has 0 aliphatic heterocycles. The van der Waals surface area contributed by atoms with E-state index in [2.05, 4.69) is 57.3 Å². The molecule has 0 amide bonds. The van der Waals surface area contributed by atoms with Gasteiger partial charge in [-0.15, -0.1) is 0 Å². The largest absolute Gasteiger partial charge is 0.313 e. The lowest BCUT2D eigenvalue weighted by molar-refractivity contribution is 0.641. The molecule has 0 saturated carbocycles. The molecule has 0 atom stereocenters. The molecule has 1 heteroatoms. The van der Waals surface area contributed by atoms with Gasteiger partial charge in [0.25, 0.3) is 0 Å². The van der Waals surface area contributed by atoms with Crippen LogP contribution in [0.15, 0.2) is 41.0 Å². The number of nitrogens with one attached hydrogen (secondary N) is 1. The molecule has 0 radical (unpaired) electrons. The Bertz CT molecular complexity index is 534. The molecule has 1 N–H and O–H groups in total. The molecule has 0 spiro atoms. The predicted octanol–water partition coefficient (Wildman–Crippen LogP) is 5.09. The van der Waals surface area contributed by atoms with Crippen molar-refractivity contribution in [3.8, 4) is 0 Å². The Labute approximate surface area is 123 Å². The van der Waals surface area contributed by atoms with Crippen LogP contribution < -0.4 is 5.32 Å². The lowest BCUT2D eigenvalue weighted by Gasteiger charge is -2.13. The van der Waals surface area contributed by atoms with E-state index in [1.54, 1.807) is 0 Å². The first-order chi connectivity index (χ1) is 9.65. The Hall–Kier alpha value is -1.34. The van der Waals surface area contributed by atoms with Crippen molar-refractivity contribution in [1.29, 1.82) is 0 Å². The summed E-state index contributed by atoms with van der Waals surface area (Å²) in [4.78, 5) is 0. The minimum absolute atomic E-state index is 0.977. The standard InChI is InChI=1S/C19H27N/c1-5-6-11-20-13-17-9-7-8-10-18(17)19-12-14(2)15(3)16(19)4/h7-10,20H,5-6,11-13H2,1-4H3. The van der Waals surface area contributed by atoms with Crippen molar-refractivity contribution in [1.82, 2.24) is 5.32 Å². The molecule has 108 valence electrons. The van der Waals surface area contributed by atoms with Crippen molar-refractivity contribution in [2.45, 2.75) is 53.5 Å². The fourth-order valence-corrected chi connectivity index (χ4v) is 2.87. The lowest BCUT2D eigenvalue weighted by Crippen LogP contribution is -2.15. The molecule has 0 saturated heterocycles. The van der Waals surface area contributed by atoms with Gasteiger partial charge in [-0.2, -0.15) is 0 Å². The third-order valence-corrected chi connectivity index (χ3v) is 4.46. The molecule has 2 rings (SSSR count). The predicted molar refractivity (Wildman–Crippen MR) is 88.6 cm³/mol. The van der Waals surface area contributed by atoms with Crippen LogP contribution >= 0.6 is 0 Å². The molecule has 20 heavy (non-hydrogen) atoms. The number of benzene rings is 1. The van der Waals surface area contributed by atoms with Crippen molar-refractivity contribution in [3.05, 3.63) is 52.1 Å². The first-order valence-electron chi connectivity index (χ1n) is 7.80. The molecule has 1 aliphatic rings. The van der Waals surface area contributed by atoms with E-state index in [-0.39, 0.29) is 0 Å². The van der Waals surface area contributed by atoms with Gasteiger partial charge in [-0.1, -0.05) is 43.2 Å². The highest BCUT2D eigenvalue weighted by molar-refractivity contribution is 5.79. The summed E-state index contributed by atoms with van der Waals surface area (Å²) in [6, 6.07) is 8.85. The van der Waals surface area contributed by atoms with Gasteiger partial charge in [-0.05, 0) is 68.0 Å². The number of allylic oxidation sites excluding steroid dienone is 4. The number of hydrogen-bond donors (Lipinski definition) is 1. The summed E-state index contributed by atoms with van der Waals surface area (Å²) in [6.07, 6.45) is 3.62. The second-order valence-corrected chi connectivity index (χ2v) is 5.87. The summed E-state index contributed by atoms with van der Waals surface area (Å²) in [6.45, 7) is 11.1. The van der Waals surface area contributed by atoms with Crippen LogP contribution in [0.5, 0.6) is 0 Å². The Kier molecular flexibility index (Phi) is 5.19. The maximum absolute atomic E-state index is 3.57. The number of hydrogen-bond acceptors (Lipinski definition) is 1. The van der Waals surface area contributed by atoms with Gasteiger partial charge in [-0.25, -0.2) is 0 Å². The molecule has 0 aromatic heterocycles. The molecule has 0 fully saturated rings. The topological polar surface area (TPSA) is 12.0 Å². The quantitative estimate of drug-likeness (QED) is 0.709. The first kappa shape index (κ1) is 15.1. The third kappa shape index (κ3) is 3.21. The fourth-order valence-electron chi connectivity index (χ4n) is 2.87. The minimum Gasteiger partial charge on any atom is -0.313 e. The monoisotopic (exact) mass is 269 g/mol. The Balaban J connectivity index is 2.17. The van der Waals surface area contributed by atoms with E-state index < -0.39 is 0 Å². The average Bonchev–Trinajstić information content (AvgIpc) is 2.72. The van der Waals surface area contributed by atoms with Crippen molar-refractivity contribution >= 4 is 5.57 Å². The highest BCUT2D eigenvalue weighted by Gasteiger charge is 2.18. The fraction of sp³-hybridized carbons (Fsp3) is 0.474. The lowest BCUT2D eigenvalue weighted by atomic mass is 9.95. The second-order valence-electron chi connectivity index (χ2n) is 5.87. The Morgan fingerprint density at radius 3 is 2.45 bits per heavy atom. The van der Waals surface area contributed by atoms with Crippen LogP contribution in [-0.4, -0.2) is 6.54 Å². The number of rotatable bonds is 6. The smallest absolute Gasteiger partial charge is 0.0211 e. The van der Waals surface area contributed by atoms with Crippen LogP contribution in [0.1, 0.15) is 58.1 Å². The van der Waals surface area contributed by atoms with Crippen LogP contribution in [0.25, 0.3) is 5.57 Å². The van der Waals surface area contributed by atoms with E-state index in [4.69, 9.17) is 0 Å². The molecule has 1 aromatic rings. The van der Waals surface area contributed by atoms with Crippen molar-refractivity contribution < 1.29 is 0 Å². The van der Waals surface area contributed by atoms with Gasteiger partial charge >= 0.3 is 0 Å². The van der Waals surface area contributed by atoms with E-state index >= 15 is 0 Å². The number of unbranched alkanes of at least 4 members (excludes halogenated alkanes) is 1. The first-order valence-corrected chi connectivity index (χ1v) is 7.80. The molecule has 1 nitrogen and oxygen atoms in total. The van der Waals surface area contributed by atoms with Gasteiger partial charge < -0.3 is 5.32 Å². The van der Waals surface area contributed by atoms with Crippen LogP contribution in [0.2, 0.25) is 0 Å². The van der Waals surface area contributed by atoms with Gasteiger partial charge in [0.2, 0.25) is 0 Å². The minimum atomic E-state index is 0.977. The molecule has 0 heterocycles. The summed E-state index contributed by atoms with van der Waals surface area (Å²) in [5.41, 5.74) is 8.86. The summed E-state index contributed by atoms with van der Waals surface area (Å²) >= 11 is 0. The summed E-state index contributed by atoms with van der Waals surface area (Å²) < 4.78 is 0. The summed E-state index contributed by atoms with van der Waals surface area (Å²) in [5, 5.41) is 3.57. The van der Waals surface area contributed by atoms with E-state index in [9.17, 15) is 0 Å². The van der Waals surface area contributed by atoms with E-state index in [1.807, 2.05) is 0 Å². The van der Waals surface area contributed by atoms with Gasteiger partial charge in [0.15, 0.2) is 0 Å². The van der Waals surface area contributed by atoms with Crippen LogP contribution in [0, 0.1) is 0 Å². The van der Waals surface area contributed by atoms with Gasteiger partial charge in [0.05, 0.1) is 0 Å². The van der Waals surface area contributed by atoms with E-state index in [0.29, 0.717) is 0 Å². The molecule has 0 unspecified atom stereocenters. The van der Waals surface area contributed by atoms with Gasteiger partial charge in [-0.3, -0.25) is 0 Å². The Morgan fingerprint density at radius 1 is 1.05 bits per heavy atom. The average molecular weight is 269 g/mol. The summed E-state index contributed by atoms with van der Waals surface area (Å²) in [5.74, 6) is 0. The third-order valence-electron chi connectivity index (χ3n) is 4.46. The normalized spacial score (nSPS) is 15.4. The second kappa shape index (κ2) is 6.90. The van der Waals surface area contributed by atoms with E-state index in [0.717, 1.165) is 19.5 Å². The van der Waals surface area contributed by atoms with Gasteiger partial charge in [0.1, 0.15) is 0 Å². The molecular formula is C19H27N. The molecule has 1 aliphatic carbocycles. The zero-order valence-corrected chi connectivity index (χ0v) is 13.3. The van der Waals surface area contributed by atoms with E-state index in [1.165, 1.54) is 46.3 Å². The van der Waals surface area contributed by atoms with Crippen molar-refractivity contribution in [2.75, 3.05) is 6.54 Å². The van der Waals surface area contributed by atoms with Crippen LogP contribution in [0.3, 0.4) is 0 Å². The highest BCUT2D eigenvalue weighted by atomic mass is 14.8. The van der Waals surface area contributed by atoms with Crippen molar-refractivity contribution in [3.63, 3.8) is 0 Å². The SMILES string of the molecule is CCCCNCc1ccccc1C1=C(C)C(C)=C(C)C1. The molecule has 0 bridgehead atoms. The van der Waals surface area contributed by atoms with Crippen LogP contribution in [0.4, 0.5) is 0 Å². The maximum atomic E-state index is 3.57. The Morgan fingerprint density at radius 2 is 1.80 bits per heavy atom. The zero-order valence-electron chi connectivity index (χ0n) is 13.3. The molecular weight excluding hydrogens is 242 g/mol. The zero-order chi connectivity index (χ0) is 14.5. The summed E-state index contributed by atoms with van der Waals surface area (Å²) in [7, 11) is 0. The van der Waals surface area contributed by atoms with Crippen molar-refractivity contribution in [2.24, 2.45) is 0 Å². The maximum Gasteiger partial charge on any atom is 0.0211 e. The highest BCUT2D eigenvalue weighted by Crippen LogP contribution is 2.38. The van der Waals surface area contributed by atoms with Gasteiger partial charge in [0, 0.05) is 6.54 Å². The molecule has 1 aromatic carbocycles. The van der Waals surface area contributed by atoms with Crippen LogP contribution in [-0.2, 0) is 6.54 Å².